The average Bonchev–Trinajstić information content (AvgIpc) is 2.50. The van der Waals surface area contributed by atoms with E-state index in [1.807, 2.05) is 6.07 Å². The first-order valence-corrected chi connectivity index (χ1v) is 7.55. The molecule has 0 saturated carbocycles. The lowest BCUT2D eigenvalue weighted by Gasteiger charge is -2.09. The number of ether oxygens (including phenoxy) is 1. The summed E-state index contributed by atoms with van der Waals surface area (Å²) in [5.41, 5.74) is 0.352. The summed E-state index contributed by atoms with van der Waals surface area (Å²) in [7, 11) is 0. The highest BCUT2D eigenvalue weighted by Crippen LogP contribution is 2.18. The molecule has 0 heterocycles. The molecule has 0 spiro atoms. The lowest BCUT2D eigenvalue weighted by molar-refractivity contribution is -0.141. The normalized spacial score (nSPS) is 10.4. The molecule has 0 radical (unpaired) electrons. The molecule has 0 atom stereocenters. The van der Waals surface area contributed by atoms with Crippen LogP contribution in [0.4, 0.5) is 18.9 Å². The monoisotopic (exact) mass is 351 g/mol. The van der Waals surface area contributed by atoms with Crippen LogP contribution in [0.25, 0.3) is 0 Å². The largest absolute Gasteiger partial charge is 0.466 e. The Morgan fingerprint density at radius 3 is 2.40 bits per heavy atom. The van der Waals surface area contributed by atoms with E-state index in [2.05, 4.69) is 5.32 Å². The van der Waals surface area contributed by atoms with Gasteiger partial charge in [-0.25, -0.2) is 13.2 Å². The highest BCUT2D eigenvalue weighted by atomic mass is 19.1. The van der Waals surface area contributed by atoms with E-state index in [-0.39, 0.29) is 12.6 Å². The van der Waals surface area contributed by atoms with Gasteiger partial charge in [-0.15, -0.1) is 0 Å². The maximum absolute atomic E-state index is 13.6. The van der Waals surface area contributed by atoms with Crippen molar-refractivity contribution in [2.24, 2.45) is 0 Å². The fourth-order valence-electron chi connectivity index (χ4n) is 2.25. The molecule has 132 valence electrons. The van der Waals surface area contributed by atoms with Crippen LogP contribution in [0.2, 0.25) is 0 Å². The van der Waals surface area contributed by atoms with Crippen LogP contribution >= 0.6 is 0 Å². The summed E-state index contributed by atoms with van der Waals surface area (Å²) in [4.78, 5) is 22.7. The second-order valence-corrected chi connectivity index (χ2v) is 5.34. The molecular formula is C18H16F3NO3. The highest BCUT2D eigenvalue weighted by Gasteiger charge is 2.19. The van der Waals surface area contributed by atoms with Gasteiger partial charge >= 0.3 is 5.97 Å². The maximum atomic E-state index is 13.6. The molecule has 1 N–H and O–H groups in total. The number of rotatable bonds is 6. The molecule has 25 heavy (non-hydrogen) atoms. The number of esters is 1. The lowest BCUT2D eigenvalue weighted by Crippen LogP contribution is -2.16. The molecule has 2 rings (SSSR count). The number of hydrogen-bond acceptors (Lipinski definition) is 3. The summed E-state index contributed by atoms with van der Waals surface area (Å²) in [6, 6.07) is 7.58. The zero-order valence-corrected chi connectivity index (χ0v) is 13.4. The molecule has 0 aliphatic rings. The Labute approximate surface area is 142 Å². The van der Waals surface area contributed by atoms with Gasteiger partial charge in [0.25, 0.3) is 5.91 Å². The van der Waals surface area contributed by atoms with Gasteiger partial charge in [0.2, 0.25) is 0 Å². The summed E-state index contributed by atoms with van der Waals surface area (Å²) < 4.78 is 45.0. The number of halogens is 3. The van der Waals surface area contributed by atoms with Gasteiger partial charge in [-0.05, 0) is 30.5 Å². The van der Waals surface area contributed by atoms with Crippen LogP contribution in [-0.2, 0) is 16.0 Å². The van der Waals surface area contributed by atoms with E-state index in [1.165, 1.54) is 6.92 Å². The summed E-state index contributed by atoms with van der Waals surface area (Å²) in [5, 5.41) is 2.38. The van der Waals surface area contributed by atoms with Gasteiger partial charge in [0, 0.05) is 24.7 Å². The third-order valence-corrected chi connectivity index (χ3v) is 3.33. The van der Waals surface area contributed by atoms with E-state index >= 15 is 0 Å². The van der Waals surface area contributed by atoms with Crippen LogP contribution in [-0.4, -0.2) is 18.5 Å². The second-order valence-electron chi connectivity index (χ2n) is 5.34. The molecule has 0 unspecified atom stereocenters. The quantitative estimate of drug-likeness (QED) is 0.635. The summed E-state index contributed by atoms with van der Waals surface area (Å²) in [6.45, 7) is 1.60. The minimum Gasteiger partial charge on any atom is -0.466 e. The van der Waals surface area contributed by atoms with Gasteiger partial charge in [-0.1, -0.05) is 12.1 Å². The van der Waals surface area contributed by atoms with Gasteiger partial charge in [-0.3, -0.25) is 9.59 Å². The third-order valence-electron chi connectivity index (χ3n) is 3.33. The smallest absolute Gasteiger partial charge is 0.302 e. The van der Waals surface area contributed by atoms with E-state index in [9.17, 15) is 22.8 Å². The number of hydrogen-bond donors (Lipinski definition) is 1. The molecule has 0 fully saturated rings. The molecule has 0 saturated heterocycles. The number of carbonyl (C=O) groups excluding carboxylic acids is 2. The molecular weight excluding hydrogens is 335 g/mol. The average molecular weight is 351 g/mol. The number of aryl methyl sites for hydroxylation is 1. The van der Waals surface area contributed by atoms with Crippen molar-refractivity contribution in [2.45, 2.75) is 19.8 Å². The molecule has 2 aromatic rings. The first-order chi connectivity index (χ1) is 11.9. The molecule has 0 bridgehead atoms. The number of carbonyl (C=O) groups is 2. The van der Waals surface area contributed by atoms with Crippen molar-refractivity contribution >= 4 is 17.6 Å². The van der Waals surface area contributed by atoms with E-state index < -0.39 is 28.9 Å². The summed E-state index contributed by atoms with van der Waals surface area (Å²) in [6.07, 6.45) is 1.19. The van der Waals surface area contributed by atoms with Gasteiger partial charge in [-0.2, -0.15) is 0 Å². The summed E-state index contributed by atoms with van der Waals surface area (Å²) >= 11 is 0. The van der Waals surface area contributed by atoms with Crippen molar-refractivity contribution in [1.29, 1.82) is 0 Å². The Balaban J connectivity index is 2.04. The maximum Gasteiger partial charge on any atom is 0.302 e. The van der Waals surface area contributed by atoms with Crippen LogP contribution < -0.4 is 5.32 Å². The van der Waals surface area contributed by atoms with Crippen LogP contribution in [0.3, 0.4) is 0 Å². The first-order valence-electron chi connectivity index (χ1n) is 7.55. The highest BCUT2D eigenvalue weighted by molar-refractivity contribution is 6.04. The number of amides is 1. The molecule has 0 aliphatic carbocycles. The van der Waals surface area contributed by atoms with Gasteiger partial charge < -0.3 is 10.1 Å². The predicted molar refractivity (Wildman–Crippen MR) is 85.7 cm³/mol. The molecule has 2 aromatic carbocycles. The second kappa shape index (κ2) is 8.32. The SMILES string of the molecule is CC(=O)OCCCc1cccc(NC(=O)c2c(F)cc(F)cc2F)c1. The van der Waals surface area contributed by atoms with Crippen molar-refractivity contribution in [3.8, 4) is 0 Å². The van der Waals surface area contributed by atoms with Crippen molar-refractivity contribution in [3.63, 3.8) is 0 Å². The summed E-state index contributed by atoms with van der Waals surface area (Å²) in [5.74, 6) is -5.00. The van der Waals surface area contributed by atoms with E-state index in [0.717, 1.165) is 5.56 Å². The Bertz CT molecular complexity index is 770. The van der Waals surface area contributed by atoms with Crippen molar-refractivity contribution in [1.82, 2.24) is 0 Å². The number of anilines is 1. The Hall–Kier alpha value is -2.83. The Morgan fingerprint density at radius 2 is 1.76 bits per heavy atom. The molecule has 7 heteroatoms. The Kier molecular flexibility index (Phi) is 6.16. The molecule has 4 nitrogen and oxygen atoms in total. The van der Waals surface area contributed by atoms with Gasteiger partial charge in [0.15, 0.2) is 0 Å². The lowest BCUT2D eigenvalue weighted by atomic mass is 10.1. The zero-order valence-electron chi connectivity index (χ0n) is 13.4. The van der Waals surface area contributed by atoms with Crippen molar-refractivity contribution in [3.05, 3.63) is 65.0 Å². The molecule has 1 amide bonds. The topological polar surface area (TPSA) is 55.4 Å². The zero-order chi connectivity index (χ0) is 18.4. The Morgan fingerprint density at radius 1 is 1.08 bits per heavy atom. The van der Waals surface area contributed by atoms with Crippen molar-refractivity contribution < 1.29 is 27.5 Å². The van der Waals surface area contributed by atoms with Crippen LogP contribution in [0, 0.1) is 17.5 Å². The van der Waals surface area contributed by atoms with E-state index in [0.29, 0.717) is 30.7 Å². The first kappa shape index (κ1) is 18.5. The van der Waals surface area contributed by atoms with Crippen molar-refractivity contribution in [2.75, 3.05) is 11.9 Å². The fourth-order valence-corrected chi connectivity index (χ4v) is 2.25. The van der Waals surface area contributed by atoms with Gasteiger partial charge in [0.1, 0.15) is 23.0 Å². The van der Waals surface area contributed by atoms with E-state index in [4.69, 9.17) is 4.74 Å². The number of benzene rings is 2. The molecule has 0 aliphatic heterocycles. The molecule has 0 aromatic heterocycles. The third kappa shape index (κ3) is 5.34. The van der Waals surface area contributed by atoms with Gasteiger partial charge in [0.05, 0.1) is 6.61 Å². The van der Waals surface area contributed by atoms with Crippen LogP contribution in [0.1, 0.15) is 29.3 Å². The minimum absolute atomic E-state index is 0.276. The van der Waals surface area contributed by atoms with Crippen LogP contribution in [0.5, 0.6) is 0 Å². The fraction of sp³-hybridized carbons (Fsp3) is 0.222. The number of nitrogens with one attached hydrogen (secondary N) is 1. The standard InChI is InChI=1S/C18H16F3NO3/c1-11(23)25-7-3-5-12-4-2-6-14(8-12)22-18(24)17-15(20)9-13(19)10-16(17)21/h2,4,6,8-10H,3,5,7H2,1H3,(H,22,24). The van der Waals surface area contributed by atoms with E-state index in [1.54, 1.807) is 18.2 Å². The van der Waals surface area contributed by atoms with Crippen LogP contribution in [0.15, 0.2) is 36.4 Å². The predicted octanol–water partition coefficient (Wildman–Crippen LogP) is 3.85. The minimum atomic E-state index is -1.27.